The molecule has 1 heterocycles. The Balaban J connectivity index is 3.07. The minimum Gasteiger partial charge on any atom is -0.480 e. The molecule has 108 valence electrons. The van der Waals surface area contributed by atoms with Crippen molar-refractivity contribution in [2.24, 2.45) is 10.5 Å². The van der Waals surface area contributed by atoms with Gasteiger partial charge in [0, 0.05) is 17.6 Å². The number of ketones is 1. The van der Waals surface area contributed by atoms with Gasteiger partial charge in [0.1, 0.15) is 6.54 Å². The normalized spacial score (nSPS) is 20.6. The third kappa shape index (κ3) is 4.50. The van der Waals surface area contributed by atoms with Gasteiger partial charge in [-0.1, -0.05) is 39.5 Å². The number of rotatable bonds is 2. The van der Waals surface area contributed by atoms with E-state index in [9.17, 15) is 9.59 Å². The second kappa shape index (κ2) is 6.32. The minimum absolute atomic E-state index is 0.0829. The zero-order valence-corrected chi connectivity index (χ0v) is 12.3. The van der Waals surface area contributed by atoms with Crippen molar-refractivity contribution >= 4 is 17.6 Å². The van der Waals surface area contributed by atoms with E-state index in [0.717, 1.165) is 5.01 Å². The number of ether oxygens (including phenoxy) is 1. The van der Waals surface area contributed by atoms with Gasteiger partial charge in [-0.05, 0) is 5.57 Å². The molecule has 5 nitrogen and oxygen atoms in total. The second-order valence-corrected chi connectivity index (χ2v) is 5.45. The molecule has 0 bridgehead atoms. The lowest BCUT2D eigenvalue weighted by atomic mass is 9.91. The lowest BCUT2D eigenvalue weighted by molar-refractivity contribution is -0.135. The van der Waals surface area contributed by atoms with Crippen LogP contribution < -0.4 is 0 Å². The maximum absolute atomic E-state index is 12.1. The summed E-state index contributed by atoms with van der Waals surface area (Å²) in [6.07, 6.45) is 6.19. The molecule has 0 aromatic heterocycles. The molecule has 0 fully saturated rings. The van der Waals surface area contributed by atoms with Gasteiger partial charge in [-0.25, -0.2) is 5.01 Å². The number of Topliss-reactive ketones (excluding diaryl/α,β-unsaturated/α-hetero) is 1. The molecule has 1 rings (SSSR count). The number of amides is 1. The van der Waals surface area contributed by atoms with Crippen LogP contribution in [0.25, 0.3) is 0 Å². The average Bonchev–Trinajstić information content (AvgIpc) is 2.42. The maximum Gasteiger partial charge on any atom is 0.267 e. The predicted octanol–water partition coefficient (Wildman–Crippen LogP) is 2.07. The highest BCUT2D eigenvalue weighted by Crippen LogP contribution is 2.16. The number of hydrazone groups is 1. The first kappa shape index (κ1) is 15.9. The molecular formula is C15H20N2O3. The summed E-state index contributed by atoms with van der Waals surface area (Å²) in [5, 5.41) is 5.16. The molecule has 0 aromatic carbocycles. The first-order chi connectivity index (χ1) is 9.24. The SMILES string of the molecule is C=C1C=C/C(OC)=N\N(CC(=O)C(C)(C)C)C(=O)/C=C\1. The highest BCUT2D eigenvalue weighted by molar-refractivity contribution is 5.96. The number of allylic oxidation sites excluding steroid dienone is 3. The van der Waals surface area contributed by atoms with Crippen LogP contribution in [-0.2, 0) is 14.3 Å². The summed E-state index contributed by atoms with van der Waals surface area (Å²) in [4.78, 5) is 24.1. The molecule has 0 radical (unpaired) electrons. The smallest absolute Gasteiger partial charge is 0.267 e. The molecule has 5 heteroatoms. The van der Waals surface area contributed by atoms with Crippen molar-refractivity contribution < 1.29 is 14.3 Å². The molecule has 1 aliphatic heterocycles. The van der Waals surface area contributed by atoms with Gasteiger partial charge in [-0.15, -0.1) is 5.10 Å². The van der Waals surface area contributed by atoms with E-state index in [0.29, 0.717) is 5.57 Å². The molecule has 1 amide bonds. The fraction of sp³-hybridized carbons (Fsp3) is 0.400. The van der Waals surface area contributed by atoms with E-state index in [2.05, 4.69) is 11.7 Å². The van der Waals surface area contributed by atoms with Crippen LogP contribution in [0.5, 0.6) is 0 Å². The molecule has 1 aliphatic rings. The van der Waals surface area contributed by atoms with E-state index < -0.39 is 5.41 Å². The molecule has 0 aromatic rings. The lowest BCUT2D eigenvalue weighted by Gasteiger charge is -2.21. The van der Waals surface area contributed by atoms with Crippen molar-refractivity contribution in [1.82, 2.24) is 5.01 Å². The Morgan fingerprint density at radius 2 is 1.90 bits per heavy atom. The standard InChI is InChI=1S/C15H20N2O3/c1-11-6-8-13(20-5)16-17(14(19)9-7-11)10-12(18)15(2,3)4/h6-9H,1,10H2,2-5H3/b8-6?,9-7-,16-13+. The Morgan fingerprint density at radius 1 is 1.30 bits per heavy atom. The Morgan fingerprint density at radius 3 is 2.45 bits per heavy atom. The molecule has 0 spiro atoms. The van der Waals surface area contributed by atoms with E-state index in [4.69, 9.17) is 4.74 Å². The number of hydrogen-bond acceptors (Lipinski definition) is 4. The molecule has 20 heavy (non-hydrogen) atoms. The fourth-order valence-corrected chi connectivity index (χ4v) is 1.30. The largest absolute Gasteiger partial charge is 0.480 e. The Hall–Kier alpha value is -2.17. The molecular weight excluding hydrogens is 256 g/mol. The van der Waals surface area contributed by atoms with Crippen molar-refractivity contribution in [3.8, 4) is 0 Å². The summed E-state index contributed by atoms with van der Waals surface area (Å²) >= 11 is 0. The van der Waals surface area contributed by atoms with Crippen LogP contribution in [0.3, 0.4) is 0 Å². The van der Waals surface area contributed by atoms with Gasteiger partial charge in [-0.3, -0.25) is 9.59 Å². The summed E-state index contributed by atoms with van der Waals surface area (Å²) < 4.78 is 5.07. The summed E-state index contributed by atoms with van der Waals surface area (Å²) in [5.74, 6) is -0.229. The predicted molar refractivity (Wildman–Crippen MR) is 78.0 cm³/mol. The Bertz CT molecular complexity index is 508. The van der Waals surface area contributed by atoms with Gasteiger partial charge < -0.3 is 4.74 Å². The van der Waals surface area contributed by atoms with Crippen LogP contribution >= 0.6 is 0 Å². The van der Waals surface area contributed by atoms with Crippen molar-refractivity contribution in [3.63, 3.8) is 0 Å². The number of carbonyl (C=O) groups is 2. The highest BCUT2D eigenvalue weighted by atomic mass is 16.5. The van der Waals surface area contributed by atoms with E-state index in [1.807, 2.05) is 0 Å². The molecule has 0 N–H and O–H groups in total. The zero-order chi connectivity index (χ0) is 15.3. The third-order valence-electron chi connectivity index (χ3n) is 2.69. The van der Waals surface area contributed by atoms with Crippen LogP contribution in [-0.4, -0.2) is 36.3 Å². The topological polar surface area (TPSA) is 59.0 Å². The van der Waals surface area contributed by atoms with Gasteiger partial charge in [0.25, 0.3) is 5.91 Å². The van der Waals surface area contributed by atoms with Crippen molar-refractivity contribution in [3.05, 3.63) is 36.5 Å². The molecule has 0 saturated heterocycles. The highest BCUT2D eigenvalue weighted by Gasteiger charge is 2.25. The number of nitrogens with zero attached hydrogens (tertiary/aromatic N) is 2. The summed E-state index contributed by atoms with van der Waals surface area (Å²) in [6.45, 7) is 9.07. The second-order valence-electron chi connectivity index (χ2n) is 5.45. The van der Waals surface area contributed by atoms with E-state index in [1.165, 1.54) is 13.2 Å². The molecule has 0 atom stereocenters. The van der Waals surface area contributed by atoms with Gasteiger partial charge in [0.05, 0.1) is 7.11 Å². The lowest BCUT2D eigenvalue weighted by Crippen LogP contribution is -2.36. The van der Waals surface area contributed by atoms with Gasteiger partial charge in [-0.2, -0.15) is 0 Å². The fourth-order valence-electron chi connectivity index (χ4n) is 1.30. The van der Waals surface area contributed by atoms with Crippen LogP contribution in [0.4, 0.5) is 0 Å². The number of methoxy groups -OCH3 is 1. The van der Waals surface area contributed by atoms with Crippen LogP contribution in [0.1, 0.15) is 20.8 Å². The van der Waals surface area contributed by atoms with E-state index >= 15 is 0 Å². The van der Waals surface area contributed by atoms with Crippen LogP contribution in [0.2, 0.25) is 0 Å². The monoisotopic (exact) mass is 276 g/mol. The zero-order valence-electron chi connectivity index (χ0n) is 12.3. The number of carbonyl (C=O) groups excluding carboxylic acids is 2. The number of hydrogen-bond donors (Lipinski definition) is 0. The molecule has 0 unspecified atom stereocenters. The van der Waals surface area contributed by atoms with Gasteiger partial charge in [0.2, 0.25) is 5.90 Å². The first-order valence-electron chi connectivity index (χ1n) is 6.26. The van der Waals surface area contributed by atoms with Gasteiger partial charge >= 0.3 is 0 Å². The van der Waals surface area contributed by atoms with Crippen molar-refractivity contribution in [2.75, 3.05) is 13.7 Å². The third-order valence-corrected chi connectivity index (χ3v) is 2.69. The molecule has 0 aliphatic carbocycles. The van der Waals surface area contributed by atoms with Gasteiger partial charge in [0.15, 0.2) is 5.78 Å². The average molecular weight is 276 g/mol. The van der Waals surface area contributed by atoms with Crippen molar-refractivity contribution in [1.29, 1.82) is 0 Å². The van der Waals surface area contributed by atoms with E-state index in [1.54, 1.807) is 39.0 Å². The summed E-state index contributed by atoms with van der Waals surface area (Å²) in [6, 6.07) is 0. The molecule has 0 saturated carbocycles. The Kier molecular flexibility index (Phi) is 5.02. The first-order valence-corrected chi connectivity index (χ1v) is 6.26. The Labute approximate surface area is 119 Å². The minimum atomic E-state index is -0.537. The van der Waals surface area contributed by atoms with E-state index in [-0.39, 0.29) is 24.1 Å². The quantitative estimate of drug-likeness (QED) is 0.775. The maximum atomic E-state index is 12.1. The van der Waals surface area contributed by atoms with Crippen LogP contribution in [0, 0.1) is 5.41 Å². The summed E-state index contributed by atoms with van der Waals surface area (Å²) in [5.41, 5.74) is 0.108. The summed E-state index contributed by atoms with van der Waals surface area (Å²) in [7, 11) is 1.45. The van der Waals surface area contributed by atoms with Crippen molar-refractivity contribution in [2.45, 2.75) is 20.8 Å². The van der Waals surface area contributed by atoms with Crippen LogP contribution in [0.15, 0.2) is 41.6 Å².